The van der Waals surface area contributed by atoms with Crippen LogP contribution in [0.25, 0.3) is 0 Å². The second kappa shape index (κ2) is 4.72. The number of ketones is 1. The van der Waals surface area contributed by atoms with Gasteiger partial charge in [0.05, 0.1) is 10.7 Å². The monoisotopic (exact) mass is 248 g/mol. The number of aromatic nitrogens is 2. The van der Waals surface area contributed by atoms with Gasteiger partial charge in [-0.3, -0.25) is 9.48 Å². The maximum Gasteiger partial charge on any atom is 0.184 e. The van der Waals surface area contributed by atoms with Crippen molar-refractivity contribution in [1.82, 2.24) is 9.78 Å². The van der Waals surface area contributed by atoms with E-state index < -0.39 is 0 Å². The van der Waals surface area contributed by atoms with Gasteiger partial charge in [-0.1, -0.05) is 35.4 Å². The lowest BCUT2D eigenvalue weighted by Crippen LogP contribution is -2.11. The molecule has 88 valence electrons. The first-order valence-corrected chi connectivity index (χ1v) is 5.73. The third-order valence-corrected chi connectivity index (χ3v) is 2.90. The molecule has 3 nitrogen and oxygen atoms in total. The van der Waals surface area contributed by atoms with E-state index >= 15 is 0 Å². The molecule has 0 aliphatic rings. The minimum Gasteiger partial charge on any atom is -0.292 e. The molecule has 0 aliphatic heterocycles. The van der Waals surface area contributed by atoms with Crippen molar-refractivity contribution in [3.63, 3.8) is 0 Å². The first-order valence-electron chi connectivity index (χ1n) is 5.35. The van der Waals surface area contributed by atoms with Gasteiger partial charge in [-0.05, 0) is 19.9 Å². The van der Waals surface area contributed by atoms with E-state index in [1.165, 1.54) is 0 Å². The average Bonchev–Trinajstić information content (AvgIpc) is 2.58. The van der Waals surface area contributed by atoms with Crippen LogP contribution in [0, 0.1) is 13.8 Å². The molecular weight excluding hydrogens is 236 g/mol. The highest BCUT2D eigenvalue weighted by atomic mass is 35.5. The molecule has 0 aliphatic carbocycles. The average molecular weight is 249 g/mol. The first-order chi connectivity index (χ1) is 8.06. The molecule has 0 saturated carbocycles. The van der Waals surface area contributed by atoms with E-state index in [0.29, 0.717) is 10.6 Å². The molecule has 0 N–H and O–H groups in total. The number of benzene rings is 1. The lowest BCUT2D eigenvalue weighted by atomic mass is 10.1. The number of carbonyl (C=O) groups excluding carboxylic acids is 1. The highest BCUT2D eigenvalue weighted by Gasteiger charge is 2.09. The highest BCUT2D eigenvalue weighted by Crippen LogP contribution is 2.13. The normalized spacial score (nSPS) is 10.5. The van der Waals surface area contributed by atoms with Gasteiger partial charge in [0.25, 0.3) is 0 Å². The van der Waals surface area contributed by atoms with Gasteiger partial charge in [0.2, 0.25) is 0 Å². The van der Waals surface area contributed by atoms with Crippen LogP contribution in [0.2, 0.25) is 5.02 Å². The van der Waals surface area contributed by atoms with Crippen LogP contribution in [0.15, 0.2) is 30.5 Å². The van der Waals surface area contributed by atoms with Gasteiger partial charge in [-0.2, -0.15) is 5.10 Å². The molecule has 0 atom stereocenters. The van der Waals surface area contributed by atoms with Crippen LogP contribution in [0.1, 0.15) is 21.6 Å². The SMILES string of the molecule is Cc1cccc(C(=O)Cn2cc(Cl)c(C)n2)c1. The van der Waals surface area contributed by atoms with E-state index in [0.717, 1.165) is 11.3 Å². The second-order valence-electron chi connectivity index (χ2n) is 4.05. The molecule has 0 fully saturated rings. The molecule has 1 aromatic carbocycles. The third kappa shape index (κ3) is 2.74. The molecule has 0 saturated heterocycles. The summed E-state index contributed by atoms with van der Waals surface area (Å²) in [5.74, 6) is 0.0351. The third-order valence-electron chi connectivity index (χ3n) is 2.53. The molecule has 0 unspecified atom stereocenters. The van der Waals surface area contributed by atoms with Gasteiger partial charge < -0.3 is 0 Å². The van der Waals surface area contributed by atoms with E-state index in [1.54, 1.807) is 10.9 Å². The fraction of sp³-hybridized carbons (Fsp3) is 0.231. The van der Waals surface area contributed by atoms with Gasteiger partial charge in [0.15, 0.2) is 5.78 Å². The van der Waals surface area contributed by atoms with Crippen LogP contribution in [0.3, 0.4) is 0 Å². The Morgan fingerprint density at radius 1 is 1.41 bits per heavy atom. The van der Waals surface area contributed by atoms with E-state index in [9.17, 15) is 4.79 Å². The van der Waals surface area contributed by atoms with Crippen LogP contribution in [-0.4, -0.2) is 15.6 Å². The number of carbonyl (C=O) groups is 1. The van der Waals surface area contributed by atoms with Crippen molar-refractivity contribution < 1.29 is 4.79 Å². The lowest BCUT2D eigenvalue weighted by molar-refractivity contribution is 0.0967. The Bertz CT molecular complexity index is 541. The molecule has 0 spiro atoms. The minimum atomic E-state index is 0.0351. The zero-order chi connectivity index (χ0) is 12.4. The standard InChI is InChI=1S/C13H13ClN2O/c1-9-4-3-5-11(6-9)13(17)8-16-7-12(14)10(2)15-16/h3-7H,8H2,1-2H3. The molecule has 1 heterocycles. The molecule has 4 heteroatoms. The summed E-state index contributed by atoms with van der Waals surface area (Å²) in [7, 11) is 0. The van der Waals surface area contributed by atoms with E-state index in [4.69, 9.17) is 11.6 Å². The summed E-state index contributed by atoms with van der Waals surface area (Å²) < 4.78 is 1.57. The molecule has 0 radical (unpaired) electrons. The summed E-state index contributed by atoms with van der Waals surface area (Å²) in [4.78, 5) is 12.0. The van der Waals surface area contributed by atoms with Crippen molar-refractivity contribution in [2.75, 3.05) is 0 Å². The lowest BCUT2D eigenvalue weighted by Gasteiger charge is -2.02. The largest absolute Gasteiger partial charge is 0.292 e. The Kier molecular flexibility index (Phi) is 3.29. The molecule has 0 bridgehead atoms. The molecule has 2 aromatic rings. The Morgan fingerprint density at radius 2 is 2.18 bits per heavy atom. The van der Waals surface area contributed by atoms with Crippen molar-refractivity contribution in [3.8, 4) is 0 Å². The zero-order valence-electron chi connectivity index (χ0n) is 9.77. The number of aryl methyl sites for hydroxylation is 2. The highest BCUT2D eigenvalue weighted by molar-refractivity contribution is 6.31. The van der Waals surface area contributed by atoms with Crippen LogP contribution < -0.4 is 0 Å². The Labute approximate surface area is 105 Å². The van der Waals surface area contributed by atoms with Crippen molar-refractivity contribution in [1.29, 1.82) is 0 Å². The summed E-state index contributed by atoms with van der Waals surface area (Å²) >= 11 is 5.89. The number of hydrogen-bond donors (Lipinski definition) is 0. The predicted octanol–water partition coefficient (Wildman–Crippen LogP) is 3.04. The number of hydrogen-bond acceptors (Lipinski definition) is 2. The zero-order valence-corrected chi connectivity index (χ0v) is 10.5. The van der Waals surface area contributed by atoms with Crippen molar-refractivity contribution in [2.24, 2.45) is 0 Å². The van der Waals surface area contributed by atoms with Crippen LogP contribution in [0.5, 0.6) is 0 Å². The van der Waals surface area contributed by atoms with Crippen molar-refractivity contribution in [2.45, 2.75) is 20.4 Å². The van der Waals surface area contributed by atoms with E-state index in [-0.39, 0.29) is 12.3 Å². The Hall–Kier alpha value is -1.61. The number of nitrogens with zero attached hydrogens (tertiary/aromatic N) is 2. The summed E-state index contributed by atoms with van der Waals surface area (Å²) in [6.07, 6.45) is 1.67. The number of halogens is 1. The molecule has 1 aromatic heterocycles. The van der Waals surface area contributed by atoms with Gasteiger partial charge in [-0.25, -0.2) is 0 Å². The van der Waals surface area contributed by atoms with Gasteiger partial charge >= 0.3 is 0 Å². The van der Waals surface area contributed by atoms with Gasteiger partial charge in [0.1, 0.15) is 6.54 Å². The summed E-state index contributed by atoms with van der Waals surface area (Å²) in [6.45, 7) is 4.00. The molecule has 0 amide bonds. The second-order valence-corrected chi connectivity index (χ2v) is 4.46. The predicted molar refractivity (Wildman–Crippen MR) is 67.5 cm³/mol. The number of rotatable bonds is 3. The van der Waals surface area contributed by atoms with Gasteiger partial charge in [0, 0.05) is 11.8 Å². The summed E-state index contributed by atoms with van der Waals surface area (Å²) in [5.41, 5.74) is 2.52. The molecule has 2 rings (SSSR count). The minimum absolute atomic E-state index is 0.0351. The molecule has 17 heavy (non-hydrogen) atoms. The van der Waals surface area contributed by atoms with Crippen molar-refractivity contribution in [3.05, 3.63) is 52.3 Å². The maximum atomic E-state index is 12.0. The topological polar surface area (TPSA) is 34.9 Å². The quantitative estimate of drug-likeness (QED) is 0.783. The first kappa shape index (κ1) is 11.9. The fourth-order valence-electron chi connectivity index (χ4n) is 1.63. The van der Waals surface area contributed by atoms with E-state index in [2.05, 4.69) is 5.10 Å². The fourth-order valence-corrected chi connectivity index (χ4v) is 1.78. The smallest absolute Gasteiger partial charge is 0.184 e. The Balaban J connectivity index is 2.17. The van der Waals surface area contributed by atoms with Crippen LogP contribution >= 0.6 is 11.6 Å². The maximum absolute atomic E-state index is 12.0. The van der Waals surface area contributed by atoms with Crippen molar-refractivity contribution >= 4 is 17.4 Å². The number of Topliss-reactive ketones (excluding diaryl/α,β-unsaturated/α-hetero) is 1. The summed E-state index contributed by atoms with van der Waals surface area (Å²) in [6, 6.07) is 7.53. The van der Waals surface area contributed by atoms with Crippen LogP contribution in [0.4, 0.5) is 0 Å². The Morgan fingerprint density at radius 3 is 2.76 bits per heavy atom. The summed E-state index contributed by atoms with van der Waals surface area (Å²) in [5, 5.41) is 4.75. The van der Waals surface area contributed by atoms with Gasteiger partial charge in [-0.15, -0.1) is 0 Å². The van der Waals surface area contributed by atoms with E-state index in [1.807, 2.05) is 38.1 Å². The molecular formula is C13H13ClN2O. The van der Waals surface area contributed by atoms with Crippen LogP contribution in [-0.2, 0) is 6.54 Å².